The maximum Gasteiger partial charge on any atom is 0.220 e. The first-order chi connectivity index (χ1) is 25.8. The summed E-state index contributed by atoms with van der Waals surface area (Å²) in [4.78, 5) is 12.8. The van der Waals surface area contributed by atoms with Crippen LogP contribution in [0.4, 0.5) is 0 Å². The van der Waals surface area contributed by atoms with Gasteiger partial charge in [-0.25, -0.2) is 0 Å². The van der Waals surface area contributed by atoms with Crippen molar-refractivity contribution in [3.05, 3.63) is 24.3 Å². The summed E-state index contributed by atoms with van der Waals surface area (Å²) in [5.74, 6) is -0.156. The minimum atomic E-state index is -1.55. The fraction of sp³-hybridized carbons (Fsp3) is 0.886. The first-order valence-corrected chi connectivity index (χ1v) is 22.0. The van der Waals surface area contributed by atoms with Gasteiger partial charge >= 0.3 is 0 Å². The molecular formula is C44H83NO8. The molecule has 7 unspecified atom stereocenters. The number of aliphatic hydroxyl groups is 5. The third-order valence-electron chi connectivity index (χ3n) is 10.6. The predicted molar refractivity (Wildman–Crippen MR) is 217 cm³/mol. The van der Waals surface area contributed by atoms with Crippen LogP contribution >= 0.6 is 0 Å². The van der Waals surface area contributed by atoms with Gasteiger partial charge in [0.1, 0.15) is 24.4 Å². The highest BCUT2D eigenvalue weighted by Gasteiger charge is 2.44. The minimum Gasteiger partial charge on any atom is -0.394 e. The number of carbonyl (C=O) groups is 1. The van der Waals surface area contributed by atoms with Crippen molar-refractivity contribution in [2.24, 2.45) is 0 Å². The van der Waals surface area contributed by atoms with E-state index in [1.54, 1.807) is 0 Å². The molecule has 0 aromatic rings. The van der Waals surface area contributed by atoms with E-state index in [-0.39, 0.29) is 12.5 Å². The second kappa shape index (κ2) is 35.1. The van der Waals surface area contributed by atoms with Gasteiger partial charge in [-0.1, -0.05) is 167 Å². The van der Waals surface area contributed by atoms with Gasteiger partial charge in [0.15, 0.2) is 6.29 Å². The molecular weight excluding hydrogens is 670 g/mol. The van der Waals surface area contributed by atoms with E-state index >= 15 is 0 Å². The molecule has 1 aliphatic rings. The zero-order valence-electron chi connectivity index (χ0n) is 34.0. The molecule has 1 heterocycles. The number of allylic oxidation sites excluding steroid dienone is 4. The van der Waals surface area contributed by atoms with E-state index in [4.69, 9.17) is 9.47 Å². The maximum atomic E-state index is 12.8. The Morgan fingerprint density at radius 2 is 1.11 bits per heavy atom. The fourth-order valence-electron chi connectivity index (χ4n) is 6.95. The highest BCUT2D eigenvalue weighted by Crippen LogP contribution is 2.23. The molecule has 9 nitrogen and oxygen atoms in total. The van der Waals surface area contributed by atoms with Gasteiger partial charge in [0.25, 0.3) is 0 Å². The summed E-state index contributed by atoms with van der Waals surface area (Å²) >= 11 is 0. The second-order valence-corrected chi connectivity index (χ2v) is 15.5. The van der Waals surface area contributed by atoms with Crippen LogP contribution in [0.25, 0.3) is 0 Å². The van der Waals surface area contributed by atoms with E-state index in [0.29, 0.717) is 12.8 Å². The number of ether oxygens (including phenoxy) is 2. The molecule has 0 aliphatic carbocycles. The molecule has 1 saturated heterocycles. The number of carbonyl (C=O) groups excluding carboxylic acids is 1. The van der Waals surface area contributed by atoms with Gasteiger partial charge in [-0.2, -0.15) is 0 Å². The van der Waals surface area contributed by atoms with Crippen LogP contribution in [0.2, 0.25) is 0 Å². The van der Waals surface area contributed by atoms with Crippen molar-refractivity contribution in [3.8, 4) is 0 Å². The van der Waals surface area contributed by atoms with Crippen LogP contribution in [0.3, 0.4) is 0 Å². The first-order valence-electron chi connectivity index (χ1n) is 22.0. The summed E-state index contributed by atoms with van der Waals surface area (Å²) in [7, 11) is 0. The van der Waals surface area contributed by atoms with Crippen molar-refractivity contribution in [2.75, 3.05) is 13.2 Å². The van der Waals surface area contributed by atoms with E-state index in [1.165, 1.54) is 122 Å². The molecule has 0 aromatic carbocycles. The molecule has 1 rings (SSSR count). The number of rotatable bonds is 36. The maximum absolute atomic E-state index is 12.8. The average Bonchev–Trinajstić information content (AvgIpc) is 3.15. The minimum absolute atomic E-state index is 0.141. The smallest absolute Gasteiger partial charge is 0.220 e. The van der Waals surface area contributed by atoms with Crippen molar-refractivity contribution < 1.29 is 39.8 Å². The molecule has 0 bridgehead atoms. The number of unbranched alkanes of at least 4 members (excludes halogenated alkanes) is 22. The molecule has 1 aliphatic heterocycles. The molecule has 6 N–H and O–H groups in total. The van der Waals surface area contributed by atoms with Gasteiger partial charge in [0.2, 0.25) is 5.91 Å². The molecule has 1 amide bonds. The summed E-state index contributed by atoms with van der Waals surface area (Å²) in [5, 5.41) is 53.5. The predicted octanol–water partition coefficient (Wildman–Crippen LogP) is 8.72. The van der Waals surface area contributed by atoms with Gasteiger partial charge in [-0.3, -0.25) is 4.79 Å². The number of nitrogens with one attached hydrogen (secondary N) is 1. The van der Waals surface area contributed by atoms with Crippen molar-refractivity contribution in [1.29, 1.82) is 0 Å². The van der Waals surface area contributed by atoms with Crippen LogP contribution in [0, 0.1) is 0 Å². The average molecular weight is 754 g/mol. The summed E-state index contributed by atoms with van der Waals surface area (Å²) in [6.45, 7) is 3.65. The zero-order chi connectivity index (χ0) is 38.8. The molecule has 312 valence electrons. The van der Waals surface area contributed by atoms with Crippen LogP contribution in [-0.2, 0) is 14.3 Å². The fourth-order valence-corrected chi connectivity index (χ4v) is 6.95. The van der Waals surface area contributed by atoms with Gasteiger partial charge in [-0.15, -0.1) is 0 Å². The molecule has 0 saturated carbocycles. The monoisotopic (exact) mass is 754 g/mol. The van der Waals surface area contributed by atoms with Gasteiger partial charge in [0.05, 0.1) is 25.4 Å². The molecule has 1 fully saturated rings. The summed E-state index contributed by atoms with van der Waals surface area (Å²) < 4.78 is 11.1. The Labute approximate surface area is 324 Å². The quantitative estimate of drug-likeness (QED) is 0.0275. The van der Waals surface area contributed by atoms with Crippen LogP contribution in [0.5, 0.6) is 0 Å². The lowest BCUT2D eigenvalue weighted by molar-refractivity contribution is -0.302. The third-order valence-corrected chi connectivity index (χ3v) is 10.6. The topological polar surface area (TPSA) is 149 Å². The number of amides is 1. The van der Waals surface area contributed by atoms with Crippen LogP contribution < -0.4 is 5.32 Å². The van der Waals surface area contributed by atoms with Crippen LogP contribution in [0.1, 0.15) is 194 Å². The van der Waals surface area contributed by atoms with E-state index in [1.807, 2.05) is 0 Å². The molecule has 9 heteroatoms. The normalized spacial score (nSPS) is 21.8. The SMILES string of the molecule is CCCCCCC/C=C\C/C=C\CCCCCCCCCCCCCCCCCC(=O)NC(COC1OC(CO)C(O)C(O)C1O)C(O)CCCCC. The standard InChI is InChI=1S/C44H83NO8/c1-3-5-7-8-9-10-11-12-13-14-15-16-17-18-19-20-21-22-23-24-25-26-27-28-29-30-32-34-40(48)45-37(38(47)33-31-6-4-2)36-52-44-43(51)42(50)41(49)39(35-46)53-44/h11-12,14-15,37-39,41-44,46-47,49-51H,3-10,13,16-36H2,1-2H3,(H,45,48)/b12-11-,15-14-. The Hall–Kier alpha value is -1.33. The molecule has 53 heavy (non-hydrogen) atoms. The molecule has 7 atom stereocenters. The van der Waals surface area contributed by atoms with Crippen molar-refractivity contribution >= 4 is 5.91 Å². The van der Waals surface area contributed by atoms with E-state index in [2.05, 4.69) is 43.5 Å². The zero-order valence-corrected chi connectivity index (χ0v) is 34.0. The van der Waals surface area contributed by atoms with Crippen molar-refractivity contribution in [2.45, 2.75) is 236 Å². The molecule has 0 aromatic heterocycles. The Kier molecular flexibility index (Phi) is 32.9. The Morgan fingerprint density at radius 1 is 0.642 bits per heavy atom. The largest absolute Gasteiger partial charge is 0.394 e. The Balaban J connectivity index is 2.04. The molecule has 0 spiro atoms. The van der Waals surface area contributed by atoms with Gasteiger partial charge in [0, 0.05) is 6.42 Å². The lowest BCUT2D eigenvalue weighted by Gasteiger charge is -2.40. The number of hydrogen-bond donors (Lipinski definition) is 6. The molecule has 0 radical (unpaired) electrons. The van der Waals surface area contributed by atoms with E-state index < -0.39 is 49.5 Å². The highest BCUT2D eigenvalue weighted by molar-refractivity contribution is 5.76. The summed E-state index contributed by atoms with van der Waals surface area (Å²) in [5.41, 5.74) is 0. The van der Waals surface area contributed by atoms with Crippen LogP contribution in [0.15, 0.2) is 24.3 Å². The van der Waals surface area contributed by atoms with E-state index in [9.17, 15) is 30.3 Å². The third kappa shape index (κ3) is 26.2. The van der Waals surface area contributed by atoms with Crippen molar-refractivity contribution in [3.63, 3.8) is 0 Å². The second-order valence-electron chi connectivity index (χ2n) is 15.5. The summed E-state index contributed by atoms with van der Waals surface area (Å²) in [6, 6.07) is -0.712. The lowest BCUT2D eigenvalue weighted by Crippen LogP contribution is -2.60. The first kappa shape index (κ1) is 49.7. The lowest BCUT2D eigenvalue weighted by atomic mass is 9.99. The van der Waals surface area contributed by atoms with Crippen molar-refractivity contribution in [1.82, 2.24) is 5.32 Å². The highest BCUT2D eigenvalue weighted by atomic mass is 16.7. The number of aliphatic hydroxyl groups excluding tert-OH is 5. The van der Waals surface area contributed by atoms with Crippen LogP contribution in [-0.4, -0.2) is 87.5 Å². The van der Waals surface area contributed by atoms with E-state index in [0.717, 1.165) is 44.9 Å². The van der Waals surface area contributed by atoms with Gasteiger partial charge < -0.3 is 40.3 Å². The Bertz CT molecular complexity index is 883. The Morgan fingerprint density at radius 3 is 1.62 bits per heavy atom. The number of hydrogen-bond acceptors (Lipinski definition) is 8. The summed E-state index contributed by atoms with van der Waals surface area (Å²) in [6.07, 6.45) is 34.3. The van der Waals surface area contributed by atoms with Gasteiger partial charge in [-0.05, 0) is 44.9 Å².